The van der Waals surface area contributed by atoms with Gasteiger partial charge in [-0.2, -0.15) is 9.29 Å². The Bertz CT molecular complexity index is 1650. The molecule has 3 aromatic carbocycles. The third-order valence-electron chi connectivity index (χ3n) is 6.78. The molecule has 4 aromatic rings. The maximum absolute atomic E-state index is 12.9. The number of nitrogens with zero attached hydrogens (tertiary/aromatic N) is 3. The molecule has 6 rings (SSSR count). The minimum Gasteiger partial charge on any atom is -0.416 e. The van der Waals surface area contributed by atoms with Gasteiger partial charge >= 0.3 is 12.1 Å². The van der Waals surface area contributed by atoms with Gasteiger partial charge in [0.2, 0.25) is 10.0 Å². The van der Waals surface area contributed by atoms with Crippen LogP contribution in [0.3, 0.4) is 0 Å². The first-order valence-corrected chi connectivity index (χ1v) is 14.2. The molecule has 9 nitrogen and oxygen atoms in total. The number of alkyl halides is 3. The Labute approximate surface area is 233 Å². The maximum Gasteiger partial charge on any atom is 0.573 e. The van der Waals surface area contributed by atoms with Crippen molar-refractivity contribution < 1.29 is 35.5 Å². The van der Waals surface area contributed by atoms with Crippen LogP contribution in [-0.2, 0) is 21.4 Å². The van der Waals surface area contributed by atoms with Gasteiger partial charge in [-0.05, 0) is 55.3 Å². The van der Waals surface area contributed by atoms with Crippen LogP contribution in [0.15, 0.2) is 93.2 Å². The average molecular weight is 590 g/mol. The summed E-state index contributed by atoms with van der Waals surface area (Å²) in [4.78, 5) is 16.4. The number of fused-ring (bicyclic) bond motifs is 2. The van der Waals surface area contributed by atoms with Crippen LogP contribution in [0.5, 0.6) is 5.75 Å². The van der Waals surface area contributed by atoms with Crippen molar-refractivity contribution in [3.05, 3.63) is 95.2 Å². The normalized spacial score (nSPS) is 16.5. The van der Waals surface area contributed by atoms with E-state index in [9.17, 15) is 26.4 Å². The van der Waals surface area contributed by atoms with Crippen LogP contribution in [0.4, 0.5) is 18.9 Å². The molecule has 0 bridgehead atoms. The number of rotatable bonds is 4. The first-order valence-electron chi connectivity index (χ1n) is 12.7. The highest BCUT2D eigenvalue weighted by molar-refractivity contribution is 7.89. The molecule has 0 spiro atoms. The molecule has 2 aliphatic rings. The minimum atomic E-state index is -4.82. The van der Waals surface area contributed by atoms with E-state index in [2.05, 4.69) is 19.0 Å². The molecule has 13 heteroatoms. The van der Waals surface area contributed by atoms with Crippen molar-refractivity contribution in [2.45, 2.75) is 36.7 Å². The second-order valence-electron chi connectivity index (χ2n) is 9.40. The Morgan fingerprint density at radius 3 is 2.34 bits per heavy atom. The van der Waals surface area contributed by atoms with Crippen molar-refractivity contribution in [3.63, 3.8) is 0 Å². The fourth-order valence-electron chi connectivity index (χ4n) is 4.82. The van der Waals surface area contributed by atoms with Gasteiger partial charge < -0.3 is 18.8 Å². The van der Waals surface area contributed by atoms with Gasteiger partial charge in [0.25, 0.3) is 0 Å². The highest BCUT2D eigenvalue weighted by Crippen LogP contribution is 2.32. The van der Waals surface area contributed by atoms with E-state index in [0.717, 1.165) is 40.9 Å². The van der Waals surface area contributed by atoms with Crippen LogP contribution in [0, 0.1) is 0 Å². The van der Waals surface area contributed by atoms with Crippen LogP contribution >= 0.6 is 0 Å². The van der Waals surface area contributed by atoms with Gasteiger partial charge in [-0.1, -0.05) is 30.3 Å². The number of sulfonamides is 1. The Kier molecular flexibility index (Phi) is 8.29. The number of anilines is 1. The van der Waals surface area contributed by atoms with E-state index in [4.69, 9.17) is 4.74 Å². The van der Waals surface area contributed by atoms with E-state index in [1.165, 1.54) is 10.6 Å². The molecule has 0 unspecified atom stereocenters. The van der Waals surface area contributed by atoms with Crippen LogP contribution in [0.25, 0.3) is 10.9 Å². The summed E-state index contributed by atoms with van der Waals surface area (Å²) < 4.78 is 78.1. The Morgan fingerprint density at radius 1 is 0.927 bits per heavy atom. The summed E-state index contributed by atoms with van der Waals surface area (Å²) in [5, 5.41) is 0.840. The Hall–Kier alpha value is -3.94. The average Bonchev–Trinajstić information content (AvgIpc) is 2.97. The largest absolute Gasteiger partial charge is 0.573 e. The molecular formula is C28H26F3N3O6S. The summed E-state index contributed by atoms with van der Waals surface area (Å²) in [7, 11) is -3.79. The molecule has 1 aromatic heterocycles. The fourth-order valence-corrected chi connectivity index (χ4v) is 6.29. The van der Waals surface area contributed by atoms with Crippen molar-refractivity contribution in [2.24, 2.45) is 0 Å². The topological polar surface area (TPSA) is 102 Å². The van der Waals surface area contributed by atoms with Crippen molar-refractivity contribution in [2.75, 3.05) is 24.7 Å². The number of ether oxygens (including phenoxy) is 2. The van der Waals surface area contributed by atoms with Crippen LogP contribution in [0.1, 0.15) is 18.4 Å². The molecule has 3 heterocycles. The highest BCUT2D eigenvalue weighted by Gasteiger charge is 2.34. The van der Waals surface area contributed by atoms with Gasteiger partial charge in [-0.3, -0.25) is 0 Å². The summed E-state index contributed by atoms with van der Waals surface area (Å²) in [6.45, 7) is 1.68. The Balaban J connectivity index is 0.000000255. The Morgan fingerprint density at radius 2 is 1.61 bits per heavy atom. The zero-order valence-corrected chi connectivity index (χ0v) is 22.5. The van der Waals surface area contributed by atoms with Crippen LogP contribution in [0.2, 0.25) is 0 Å². The standard InChI is InChI=1S/C20H21F3N2O4S.C8H5NO2/c21-20(22,23)29-17-5-7-18(8-6-17)30(26,27)24-11-9-16(10-12-24)25-14-28-13-15-3-1-2-4-19(15)25;10-8-9-7-4-2-1-3-6(7)5-11-8/h1-8,16H,9-14H2;1-5H. The smallest absolute Gasteiger partial charge is 0.416 e. The van der Waals surface area contributed by atoms with E-state index < -0.39 is 27.9 Å². The number of benzene rings is 3. The second kappa shape index (κ2) is 11.9. The minimum absolute atomic E-state index is 0.0536. The van der Waals surface area contributed by atoms with Gasteiger partial charge in [0.1, 0.15) is 18.7 Å². The van der Waals surface area contributed by atoms with Gasteiger partial charge in [-0.25, -0.2) is 13.2 Å². The fraction of sp³-hybridized carbons (Fsp3) is 0.286. The molecule has 0 saturated carbocycles. The molecule has 1 saturated heterocycles. The summed E-state index contributed by atoms with van der Waals surface area (Å²) >= 11 is 0. The monoisotopic (exact) mass is 589 g/mol. The van der Waals surface area contributed by atoms with Crippen molar-refractivity contribution in [1.29, 1.82) is 0 Å². The van der Waals surface area contributed by atoms with E-state index in [0.29, 0.717) is 44.8 Å². The number of hydrogen-bond acceptors (Lipinski definition) is 8. The molecular weight excluding hydrogens is 563 g/mol. The van der Waals surface area contributed by atoms with Crippen molar-refractivity contribution >= 4 is 26.6 Å². The van der Waals surface area contributed by atoms with Crippen molar-refractivity contribution in [1.82, 2.24) is 9.29 Å². The number of hydrogen-bond donors (Lipinski definition) is 0. The lowest BCUT2D eigenvalue weighted by Gasteiger charge is -2.41. The molecule has 0 amide bonds. The number of piperidine rings is 1. The molecule has 216 valence electrons. The lowest BCUT2D eigenvalue weighted by molar-refractivity contribution is -0.274. The molecule has 0 aliphatic carbocycles. The molecule has 1 fully saturated rings. The predicted molar refractivity (Wildman–Crippen MR) is 144 cm³/mol. The summed E-state index contributed by atoms with van der Waals surface area (Å²) in [6, 6.07) is 19.8. The zero-order valence-electron chi connectivity index (χ0n) is 21.7. The molecule has 0 atom stereocenters. The third kappa shape index (κ3) is 6.87. The molecule has 0 N–H and O–H groups in total. The van der Waals surface area contributed by atoms with E-state index in [-0.39, 0.29) is 10.9 Å². The lowest BCUT2D eigenvalue weighted by atomic mass is 10.0. The summed E-state index contributed by atoms with van der Waals surface area (Å²) in [5.74, 6) is -1.01. The van der Waals surface area contributed by atoms with E-state index >= 15 is 0 Å². The molecule has 41 heavy (non-hydrogen) atoms. The number of para-hydroxylation sites is 2. The quantitative estimate of drug-likeness (QED) is 0.331. The van der Waals surface area contributed by atoms with Gasteiger partial charge in [0, 0.05) is 35.8 Å². The SMILES string of the molecule is O=S(=O)(c1ccc(OC(F)(F)F)cc1)N1CCC(N2COCc3ccccc32)CC1.O=c1nc2ccccc2co1. The van der Waals surface area contributed by atoms with Gasteiger partial charge in [0.05, 0.1) is 17.0 Å². The lowest BCUT2D eigenvalue weighted by Crippen LogP contribution is -2.48. The van der Waals surface area contributed by atoms with Crippen molar-refractivity contribution in [3.8, 4) is 5.75 Å². The van der Waals surface area contributed by atoms with E-state index in [1.54, 1.807) is 6.07 Å². The highest BCUT2D eigenvalue weighted by atomic mass is 32.2. The molecule has 2 aliphatic heterocycles. The summed E-state index contributed by atoms with van der Waals surface area (Å²) in [6.07, 6.45) is -2.15. The van der Waals surface area contributed by atoms with Gasteiger partial charge in [0.15, 0.2) is 0 Å². The maximum atomic E-state index is 12.9. The predicted octanol–water partition coefficient (Wildman–Crippen LogP) is 4.92. The first kappa shape index (κ1) is 28.6. The molecule has 0 radical (unpaired) electrons. The third-order valence-corrected chi connectivity index (χ3v) is 8.70. The van der Waals surface area contributed by atoms with Crippen LogP contribution in [-0.4, -0.2) is 49.9 Å². The number of halogens is 3. The number of aromatic nitrogens is 1. The first-order chi connectivity index (χ1) is 19.6. The summed E-state index contributed by atoms with van der Waals surface area (Å²) in [5.41, 5.74) is 2.90. The van der Waals surface area contributed by atoms with Crippen LogP contribution < -0.4 is 15.4 Å². The van der Waals surface area contributed by atoms with E-state index in [1.807, 2.05) is 42.5 Å². The second-order valence-corrected chi connectivity index (χ2v) is 11.3. The van der Waals surface area contributed by atoms with Gasteiger partial charge in [-0.15, -0.1) is 13.2 Å². The zero-order chi connectivity index (χ0) is 29.0.